The smallest absolute Gasteiger partial charge is 0.306 e. The van der Waals surface area contributed by atoms with E-state index >= 15 is 0 Å². The molecule has 162 valence electrons. The van der Waals surface area contributed by atoms with Gasteiger partial charge in [-0.1, -0.05) is 22.0 Å². The molecule has 5 nitrogen and oxygen atoms in total. The van der Waals surface area contributed by atoms with Gasteiger partial charge < -0.3 is 15.0 Å². The zero-order valence-corrected chi connectivity index (χ0v) is 18.2. The Morgan fingerprint density at radius 1 is 1.06 bits per heavy atom. The van der Waals surface area contributed by atoms with Crippen molar-refractivity contribution in [2.75, 3.05) is 0 Å². The summed E-state index contributed by atoms with van der Waals surface area (Å²) in [4.78, 5) is 24.2. The second kappa shape index (κ2) is 8.78. The van der Waals surface area contributed by atoms with Crippen molar-refractivity contribution in [3.05, 3.63) is 69.8 Å². The Labute approximate surface area is 186 Å². The molecule has 1 heterocycles. The number of fused-ring (bicyclic) bond motifs is 1. The van der Waals surface area contributed by atoms with Crippen LogP contribution in [-0.2, 0) is 11.3 Å². The van der Waals surface area contributed by atoms with Crippen LogP contribution in [0.1, 0.15) is 41.6 Å². The minimum absolute atomic E-state index is 0.129. The number of amides is 1. The van der Waals surface area contributed by atoms with Crippen molar-refractivity contribution in [1.29, 1.82) is 0 Å². The summed E-state index contributed by atoms with van der Waals surface area (Å²) in [5.74, 6) is -2.37. The van der Waals surface area contributed by atoms with E-state index in [1.54, 1.807) is 29.0 Å². The molecule has 0 bridgehead atoms. The Kier molecular flexibility index (Phi) is 6.09. The molecule has 0 spiro atoms. The van der Waals surface area contributed by atoms with Crippen molar-refractivity contribution in [2.24, 2.45) is 5.92 Å². The molecule has 2 aromatic carbocycles. The van der Waals surface area contributed by atoms with Gasteiger partial charge in [-0.2, -0.15) is 0 Å². The molecule has 8 heteroatoms. The van der Waals surface area contributed by atoms with Gasteiger partial charge in [0.1, 0.15) is 11.6 Å². The molecule has 3 aromatic rings. The van der Waals surface area contributed by atoms with Gasteiger partial charge in [0.05, 0.1) is 23.5 Å². The fourth-order valence-electron chi connectivity index (χ4n) is 4.19. The van der Waals surface area contributed by atoms with Crippen LogP contribution in [0.4, 0.5) is 8.78 Å². The highest BCUT2D eigenvalue weighted by atomic mass is 79.9. The molecule has 1 fully saturated rings. The predicted molar refractivity (Wildman–Crippen MR) is 116 cm³/mol. The number of carboxylic acids is 1. The standard InChI is InChI=1S/C23H21BrF2N2O3/c24-15-4-1-14(20(26)11-15)12-28-10-9-17-19(25)8-7-18(21(17)28)22(29)27-16-5-2-13(3-6-16)23(30)31/h1,4,7-11,13,16H,2-3,5-6,12H2,(H,27,29)(H,30,31). The van der Waals surface area contributed by atoms with Crippen LogP contribution in [0.3, 0.4) is 0 Å². The summed E-state index contributed by atoms with van der Waals surface area (Å²) in [6, 6.07) is 8.87. The van der Waals surface area contributed by atoms with Crippen LogP contribution >= 0.6 is 15.9 Å². The maximum absolute atomic E-state index is 14.4. The highest BCUT2D eigenvalue weighted by molar-refractivity contribution is 9.10. The Hall–Kier alpha value is -2.74. The van der Waals surface area contributed by atoms with Crippen LogP contribution in [0.15, 0.2) is 47.1 Å². The number of carbonyl (C=O) groups is 2. The molecule has 4 rings (SSSR count). The summed E-state index contributed by atoms with van der Waals surface area (Å²) in [5, 5.41) is 12.4. The van der Waals surface area contributed by atoms with Crippen LogP contribution in [0.5, 0.6) is 0 Å². The summed E-state index contributed by atoms with van der Waals surface area (Å²) < 4.78 is 31.0. The minimum atomic E-state index is -0.803. The van der Waals surface area contributed by atoms with Gasteiger partial charge in [-0.05, 0) is 56.0 Å². The van der Waals surface area contributed by atoms with Crippen molar-refractivity contribution >= 4 is 38.7 Å². The van der Waals surface area contributed by atoms with Crippen molar-refractivity contribution in [3.8, 4) is 0 Å². The first kappa shape index (κ1) is 21.5. The first-order valence-electron chi connectivity index (χ1n) is 10.1. The Balaban J connectivity index is 1.60. The van der Waals surface area contributed by atoms with Crippen molar-refractivity contribution in [1.82, 2.24) is 9.88 Å². The van der Waals surface area contributed by atoms with Gasteiger partial charge >= 0.3 is 5.97 Å². The Morgan fingerprint density at radius 2 is 1.81 bits per heavy atom. The molecule has 0 radical (unpaired) electrons. The zero-order chi connectivity index (χ0) is 22.1. The van der Waals surface area contributed by atoms with E-state index in [1.165, 1.54) is 18.2 Å². The van der Waals surface area contributed by atoms with Gasteiger partial charge in [0.2, 0.25) is 0 Å². The third-order valence-electron chi connectivity index (χ3n) is 5.88. The van der Waals surface area contributed by atoms with Crippen LogP contribution in [0, 0.1) is 17.6 Å². The largest absolute Gasteiger partial charge is 0.481 e. The molecule has 1 aliphatic rings. The number of carboxylic acid groups (broad SMARTS) is 1. The number of aliphatic carboxylic acids is 1. The molecule has 0 aliphatic heterocycles. The van der Waals surface area contributed by atoms with Crippen LogP contribution < -0.4 is 5.32 Å². The number of carbonyl (C=O) groups excluding carboxylic acids is 1. The van der Waals surface area contributed by atoms with Crippen LogP contribution in [-0.4, -0.2) is 27.6 Å². The third kappa shape index (κ3) is 4.49. The first-order chi connectivity index (χ1) is 14.8. The van der Waals surface area contributed by atoms with Crippen LogP contribution in [0.25, 0.3) is 10.9 Å². The number of rotatable bonds is 5. The normalized spacial score (nSPS) is 18.8. The molecular formula is C23H21BrF2N2O3. The average molecular weight is 491 g/mol. The maximum atomic E-state index is 14.4. The summed E-state index contributed by atoms with van der Waals surface area (Å²) in [6.45, 7) is 0.149. The van der Waals surface area contributed by atoms with E-state index in [4.69, 9.17) is 5.11 Å². The van der Waals surface area contributed by atoms with E-state index in [-0.39, 0.29) is 24.4 Å². The number of nitrogens with zero attached hydrogens (tertiary/aromatic N) is 1. The van der Waals surface area contributed by atoms with Gasteiger partial charge in [0, 0.05) is 27.7 Å². The lowest BCUT2D eigenvalue weighted by Crippen LogP contribution is -2.38. The summed E-state index contributed by atoms with van der Waals surface area (Å²) in [7, 11) is 0. The van der Waals surface area contributed by atoms with E-state index in [1.807, 2.05) is 0 Å². The Morgan fingerprint density at radius 3 is 2.48 bits per heavy atom. The fourth-order valence-corrected chi connectivity index (χ4v) is 4.52. The van der Waals surface area contributed by atoms with Gasteiger partial charge in [-0.15, -0.1) is 0 Å². The number of benzene rings is 2. The molecule has 1 amide bonds. The lowest BCUT2D eigenvalue weighted by molar-refractivity contribution is -0.142. The molecule has 1 aromatic heterocycles. The number of hydrogen-bond donors (Lipinski definition) is 2. The minimum Gasteiger partial charge on any atom is -0.481 e. The maximum Gasteiger partial charge on any atom is 0.306 e. The molecule has 1 saturated carbocycles. The van der Waals surface area contributed by atoms with Crippen molar-refractivity contribution < 1.29 is 23.5 Å². The topological polar surface area (TPSA) is 71.3 Å². The molecule has 0 unspecified atom stereocenters. The molecule has 31 heavy (non-hydrogen) atoms. The number of hydrogen-bond acceptors (Lipinski definition) is 2. The average Bonchev–Trinajstić information content (AvgIpc) is 3.15. The predicted octanol–water partition coefficient (Wildman–Crippen LogP) is 5.10. The first-order valence-corrected chi connectivity index (χ1v) is 10.9. The summed E-state index contributed by atoms with van der Waals surface area (Å²) >= 11 is 3.23. The lowest BCUT2D eigenvalue weighted by atomic mass is 9.86. The van der Waals surface area contributed by atoms with E-state index < -0.39 is 17.6 Å². The van der Waals surface area contributed by atoms with Gasteiger partial charge in [0.15, 0.2) is 0 Å². The summed E-state index contributed by atoms with van der Waals surface area (Å²) in [6.07, 6.45) is 3.83. The molecule has 2 N–H and O–H groups in total. The third-order valence-corrected chi connectivity index (χ3v) is 6.38. The lowest BCUT2D eigenvalue weighted by Gasteiger charge is -2.27. The van der Waals surface area contributed by atoms with Crippen LogP contribution in [0.2, 0.25) is 0 Å². The highest BCUT2D eigenvalue weighted by Crippen LogP contribution is 2.28. The van der Waals surface area contributed by atoms with E-state index in [9.17, 15) is 18.4 Å². The molecule has 1 aliphatic carbocycles. The summed E-state index contributed by atoms with van der Waals surface area (Å²) in [5.41, 5.74) is 1.13. The number of halogens is 3. The second-order valence-electron chi connectivity index (χ2n) is 7.90. The SMILES string of the molecule is O=C(NC1CCC(C(=O)O)CC1)c1ccc(F)c2ccn(Cc3ccc(Br)cc3F)c12. The van der Waals surface area contributed by atoms with Gasteiger partial charge in [0.25, 0.3) is 5.91 Å². The number of nitrogens with one attached hydrogen (secondary N) is 1. The highest BCUT2D eigenvalue weighted by Gasteiger charge is 2.27. The van der Waals surface area contributed by atoms with E-state index in [0.717, 1.165) is 0 Å². The zero-order valence-electron chi connectivity index (χ0n) is 16.6. The quantitative estimate of drug-likeness (QED) is 0.522. The van der Waals surface area contributed by atoms with Crippen molar-refractivity contribution in [2.45, 2.75) is 38.3 Å². The molecule has 0 saturated heterocycles. The second-order valence-corrected chi connectivity index (χ2v) is 8.81. The van der Waals surface area contributed by atoms with Gasteiger partial charge in [-0.3, -0.25) is 9.59 Å². The monoisotopic (exact) mass is 490 g/mol. The van der Waals surface area contributed by atoms with Crippen molar-refractivity contribution in [3.63, 3.8) is 0 Å². The van der Waals surface area contributed by atoms with E-state index in [0.29, 0.717) is 52.2 Å². The fraction of sp³-hybridized carbons (Fsp3) is 0.304. The van der Waals surface area contributed by atoms with Gasteiger partial charge in [-0.25, -0.2) is 8.78 Å². The molecular weight excluding hydrogens is 470 g/mol. The Bertz CT molecular complexity index is 1150. The molecule has 0 atom stereocenters. The van der Waals surface area contributed by atoms with E-state index in [2.05, 4.69) is 21.2 Å². The number of aromatic nitrogens is 1.